The van der Waals surface area contributed by atoms with E-state index in [9.17, 15) is 4.79 Å². The lowest BCUT2D eigenvalue weighted by Gasteiger charge is -2.08. The Kier molecular flexibility index (Phi) is 3.79. The first-order valence-corrected chi connectivity index (χ1v) is 4.49. The van der Waals surface area contributed by atoms with Crippen LogP contribution in [0.3, 0.4) is 0 Å². The molecule has 0 bridgehead atoms. The van der Waals surface area contributed by atoms with Gasteiger partial charge in [-0.1, -0.05) is 18.5 Å². The maximum atomic E-state index is 11.4. The van der Waals surface area contributed by atoms with Gasteiger partial charge in [-0.25, -0.2) is 9.97 Å². The lowest BCUT2D eigenvalue weighted by atomic mass is 10.2. The number of halogens is 1. The van der Waals surface area contributed by atoms with Crippen LogP contribution in [0.25, 0.3) is 0 Å². The molecular weight excluding hydrogens is 204 g/mol. The molecule has 1 amide bonds. The number of nitrogens with one attached hydrogen (secondary N) is 1. The van der Waals surface area contributed by atoms with E-state index < -0.39 is 0 Å². The van der Waals surface area contributed by atoms with Crippen molar-refractivity contribution >= 4 is 23.3 Å². The summed E-state index contributed by atoms with van der Waals surface area (Å²) < 4.78 is 0. The molecule has 0 fully saturated rings. The second-order valence-electron chi connectivity index (χ2n) is 2.85. The average molecular weight is 215 g/mol. The third-order valence-electron chi connectivity index (χ3n) is 1.69. The lowest BCUT2D eigenvalue weighted by Crippen LogP contribution is -2.27. The van der Waals surface area contributed by atoms with Gasteiger partial charge in [0.1, 0.15) is 17.3 Å². The van der Waals surface area contributed by atoms with E-state index in [-0.39, 0.29) is 17.0 Å². The molecule has 0 aromatic carbocycles. The maximum absolute atomic E-state index is 11.4. The smallest absolute Gasteiger partial charge is 0.229 e. The first kappa shape index (κ1) is 10.9. The first-order chi connectivity index (χ1) is 6.63. The van der Waals surface area contributed by atoms with Gasteiger partial charge in [0.15, 0.2) is 0 Å². The third-order valence-corrected chi connectivity index (χ3v) is 1.89. The Morgan fingerprint density at radius 1 is 1.71 bits per heavy atom. The topological polar surface area (TPSA) is 80.9 Å². The second-order valence-corrected chi connectivity index (χ2v) is 3.24. The van der Waals surface area contributed by atoms with Crippen LogP contribution in [0.2, 0.25) is 5.15 Å². The normalized spacial score (nSPS) is 12.2. The Morgan fingerprint density at radius 3 is 3.00 bits per heavy atom. The number of anilines is 1. The summed E-state index contributed by atoms with van der Waals surface area (Å²) in [5.41, 5.74) is 5.34. The molecule has 1 heterocycles. The third kappa shape index (κ3) is 2.93. The van der Waals surface area contributed by atoms with Gasteiger partial charge in [0, 0.05) is 18.5 Å². The fourth-order valence-corrected chi connectivity index (χ4v) is 0.905. The lowest BCUT2D eigenvalue weighted by molar-refractivity contribution is -0.119. The zero-order valence-corrected chi connectivity index (χ0v) is 8.45. The van der Waals surface area contributed by atoms with Crippen LogP contribution in [-0.2, 0) is 4.79 Å². The molecule has 0 saturated carbocycles. The zero-order valence-electron chi connectivity index (χ0n) is 7.70. The summed E-state index contributed by atoms with van der Waals surface area (Å²) in [4.78, 5) is 18.9. The van der Waals surface area contributed by atoms with Gasteiger partial charge < -0.3 is 11.1 Å². The van der Waals surface area contributed by atoms with Crippen LogP contribution in [0.5, 0.6) is 0 Å². The van der Waals surface area contributed by atoms with Crippen molar-refractivity contribution < 1.29 is 4.79 Å². The molecule has 0 aliphatic carbocycles. The molecule has 1 atom stereocenters. The second kappa shape index (κ2) is 4.88. The maximum Gasteiger partial charge on any atom is 0.229 e. The van der Waals surface area contributed by atoms with Gasteiger partial charge in [-0.2, -0.15) is 0 Å². The number of rotatable bonds is 3. The Hall–Kier alpha value is -1.20. The highest BCUT2D eigenvalue weighted by atomic mass is 35.5. The number of nitrogens with two attached hydrogens (primary N) is 1. The Balaban J connectivity index is 2.65. The van der Waals surface area contributed by atoms with Crippen molar-refractivity contribution in [2.24, 2.45) is 11.7 Å². The highest BCUT2D eigenvalue weighted by molar-refractivity contribution is 6.29. The van der Waals surface area contributed by atoms with Crippen molar-refractivity contribution in [1.82, 2.24) is 9.97 Å². The van der Waals surface area contributed by atoms with Crippen molar-refractivity contribution in [1.29, 1.82) is 0 Å². The van der Waals surface area contributed by atoms with Gasteiger partial charge in [0.2, 0.25) is 5.91 Å². The van der Waals surface area contributed by atoms with Crippen LogP contribution in [0.4, 0.5) is 5.82 Å². The van der Waals surface area contributed by atoms with Gasteiger partial charge in [0.05, 0.1) is 0 Å². The molecule has 1 rings (SSSR count). The minimum atomic E-state index is -0.247. The Bertz CT molecular complexity index is 331. The van der Waals surface area contributed by atoms with E-state index in [4.69, 9.17) is 17.3 Å². The van der Waals surface area contributed by atoms with Crippen molar-refractivity contribution in [3.63, 3.8) is 0 Å². The number of hydrogen-bond acceptors (Lipinski definition) is 4. The van der Waals surface area contributed by atoms with Crippen LogP contribution >= 0.6 is 11.6 Å². The fourth-order valence-electron chi connectivity index (χ4n) is 0.758. The largest absolute Gasteiger partial charge is 0.330 e. The van der Waals surface area contributed by atoms with E-state index in [0.717, 1.165) is 0 Å². The van der Waals surface area contributed by atoms with Crippen molar-refractivity contribution in [2.45, 2.75) is 6.92 Å². The van der Waals surface area contributed by atoms with Gasteiger partial charge in [-0.3, -0.25) is 4.79 Å². The highest BCUT2D eigenvalue weighted by Crippen LogP contribution is 2.09. The molecule has 0 spiro atoms. The van der Waals surface area contributed by atoms with Crippen LogP contribution in [0.1, 0.15) is 6.92 Å². The molecule has 0 aliphatic heterocycles. The number of carbonyl (C=O) groups is 1. The van der Waals surface area contributed by atoms with E-state index in [1.54, 1.807) is 6.92 Å². The fraction of sp³-hybridized carbons (Fsp3) is 0.375. The van der Waals surface area contributed by atoms with Gasteiger partial charge in [-0.15, -0.1) is 0 Å². The van der Waals surface area contributed by atoms with Crippen LogP contribution in [0, 0.1) is 5.92 Å². The molecule has 6 heteroatoms. The van der Waals surface area contributed by atoms with Crippen molar-refractivity contribution in [3.05, 3.63) is 17.5 Å². The minimum absolute atomic E-state index is 0.178. The number of hydrogen-bond donors (Lipinski definition) is 2. The van der Waals surface area contributed by atoms with Crippen LogP contribution in [-0.4, -0.2) is 22.4 Å². The molecule has 3 N–H and O–H groups in total. The summed E-state index contributed by atoms with van der Waals surface area (Å²) in [5, 5.41) is 2.87. The predicted octanol–water partition coefficient (Wildman–Crippen LogP) is 0.663. The standard InChI is InChI=1S/C8H11ClN4O/c1-5(3-10)8(14)13-7-2-6(9)11-4-12-7/h2,4-5H,3,10H2,1H3,(H,11,12,13,14). The molecule has 76 valence electrons. The molecule has 14 heavy (non-hydrogen) atoms. The number of nitrogens with zero attached hydrogens (tertiary/aromatic N) is 2. The van der Waals surface area contributed by atoms with E-state index in [0.29, 0.717) is 12.4 Å². The number of carbonyl (C=O) groups excluding carboxylic acids is 1. The van der Waals surface area contributed by atoms with Crippen LogP contribution in [0.15, 0.2) is 12.4 Å². The summed E-state index contributed by atoms with van der Waals surface area (Å²) in [6, 6.07) is 1.47. The predicted molar refractivity (Wildman–Crippen MR) is 53.9 cm³/mol. The highest BCUT2D eigenvalue weighted by Gasteiger charge is 2.11. The molecule has 1 aromatic heterocycles. The van der Waals surface area contributed by atoms with Crippen LogP contribution < -0.4 is 11.1 Å². The van der Waals surface area contributed by atoms with Crippen molar-refractivity contribution in [3.8, 4) is 0 Å². The average Bonchev–Trinajstić information content (AvgIpc) is 2.16. The van der Waals surface area contributed by atoms with E-state index in [1.807, 2.05) is 0 Å². The quantitative estimate of drug-likeness (QED) is 0.725. The molecule has 5 nitrogen and oxygen atoms in total. The molecular formula is C8H11ClN4O. The van der Waals surface area contributed by atoms with E-state index in [1.165, 1.54) is 12.4 Å². The number of amides is 1. The van der Waals surface area contributed by atoms with Gasteiger partial charge >= 0.3 is 0 Å². The molecule has 1 unspecified atom stereocenters. The summed E-state index contributed by atoms with van der Waals surface area (Å²) >= 11 is 5.61. The summed E-state index contributed by atoms with van der Waals surface area (Å²) in [6.07, 6.45) is 1.28. The van der Waals surface area contributed by atoms with Crippen molar-refractivity contribution in [2.75, 3.05) is 11.9 Å². The summed E-state index contributed by atoms with van der Waals surface area (Å²) in [7, 11) is 0. The Labute approximate surface area is 86.7 Å². The zero-order chi connectivity index (χ0) is 10.6. The monoisotopic (exact) mass is 214 g/mol. The SMILES string of the molecule is CC(CN)C(=O)Nc1cc(Cl)ncn1. The van der Waals surface area contributed by atoms with Gasteiger partial charge in [-0.05, 0) is 0 Å². The molecule has 0 aliphatic rings. The van der Waals surface area contributed by atoms with E-state index in [2.05, 4.69) is 15.3 Å². The summed E-state index contributed by atoms with van der Waals surface area (Å²) in [6.45, 7) is 2.03. The minimum Gasteiger partial charge on any atom is -0.330 e. The summed E-state index contributed by atoms with van der Waals surface area (Å²) in [5.74, 6) is -0.0405. The molecule has 0 radical (unpaired) electrons. The molecule has 0 saturated heterocycles. The molecule has 1 aromatic rings. The Morgan fingerprint density at radius 2 is 2.43 bits per heavy atom. The van der Waals surface area contributed by atoms with Gasteiger partial charge in [0.25, 0.3) is 0 Å². The first-order valence-electron chi connectivity index (χ1n) is 4.12. The van der Waals surface area contributed by atoms with E-state index >= 15 is 0 Å². The number of aromatic nitrogens is 2.